The van der Waals surface area contributed by atoms with E-state index in [2.05, 4.69) is 19.8 Å². The van der Waals surface area contributed by atoms with Crippen molar-refractivity contribution in [1.82, 2.24) is 14.7 Å². The van der Waals surface area contributed by atoms with Gasteiger partial charge < -0.3 is 4.57 Å². The van der Waals surface area contributed by atoms with Gasteiger partial charge in [0.2, 0.25) is 15.9 Å². The Labute approximate surface area is 217 Å². The summed E-state index contributed by atoms with van der Waals surface area (Å²) in [6, 6.07) is 26.9. The van der Waals surface area contributed by atoms with Crippen LogP contribution in [0.3, 0.4) is 0 Å². The number of aryl methyl sites for hydroxylation is 2. The molecule has 1 heterocycles. The second-order valence-electron chi connectivity index (χ2n) is 8.89. The molecule has 190 valence electrons. The number of hydrazone groups is 1. The molecular weight excluding hydrogens is 484 g/mol. The number of nitrogens with one attached hydrogen (secondary N) is 2. The van der Waals surface area contributed by atoms with E-state index in [4.69, 9.17) is 0 Å². The number of aromatic nitrogens is 1. The van der Waals surface area contributed by atoms with Crippen LogP contribution in [0.2, 0.25) is 0 Å². The predicted molar refractivity (Wildman–Crippen MR) is 146 cm³/mol. The summed E-state index contributed by atoms with van der Waals surface area (Å²) in [6.07, 6.45) is 1.49. The second-order valence-corrected chi connectivity index (χ2v) is 10.6. The maximum absolute atomic E-state index is 13.0. The molecule has 2 N–H and O–H groups in total. The van der Waals surface area contributed by atoms with Crippen LogP contribution in [0.4, 0.5) is 0 Å². The number of hydrogen-bond donors (Lipinski definition) is 2. The molecule has 0 aliphatic heterocycles. The summed E-state index contributed by atoms with van der Waals surface area (Å²) in [5, 5.41) is 4.15. The summed E-state index contributed by atoms with van der Waals surface area (Å²) < 4.78 is 30.8. The van der Waals surface area contributed by atoms with Gasteiger partial charge in [0.15, 0.2) is 0 Å². The van der Waals surface area contributed by atoms with E-state index < -0.39 is 22.0 Å². The van der Waals surface area contributed by atoms with Gasteiger partial charge in [0.25, 0.3) is 0 Å². The van der Waals surface area contributed by atoms with Crippen LogP contribution >= 0.6 is 0 Å². The third-order valence-electron chi connectivity index (χ3n) is 6.10. The molecule has 0 aliphatic rings. The van der Waals surface area contributed by atoms with Crippen LogP contribution in [0, 0.1) is 20.8 Å². The highest BCUT2D eigenvalue weighted by molar-refractivity contribution is 7.89. The average Bonchev–Trinajstić information content (AvgIpc) is 3.17. The van der Waals surface area contributed by atoms with Gasteiger partial charge in [0.05, 0.1) is 17.2 Å². The molecule has 3 aromatic carbocycles. The fourth-order valence-corrected chi connectivity index (χ4v) is 5.41. The molecule has 4 rings (SSSR count). The van der Waals surface area contributed by atoms with E-state index in [9.17, 15) is 13.2 Å². The lowest BCUT2D eigenvalue weighted by Crippen LogP contribution is -2.32. The first kappa shape index (κ1) is 26.1. The van der Waals surface area contributed by atoms with Gasteiger partial charge in [-0.2, -0.15) is 5.10 Å². The van der Waals surface area contributed by atoms with Crippen molar-refractivity contribution < 1.29 is 13.2 Å². The summed E-state index contributed by atoms with van der Waals surface area (Å²) in [5.41, 5.74) is 8.16. The van der Waals surface area contributed by atoms with Crippen LogP contribution in [-0.2, 0) is 14.8 Å². The molecule has 0 spiro atoms. The van der Waals surface area contributed by atoms with Crippen LogP contribution in [0.15, 0.2) is 101 Å². The Bertz CT molecular complexity index is 1490. The number of nitrogens with zero attached hydrogens (tertiary/aromatic N) is 2. The highest BCUT2D eigenvalue weighted by Crippen LogP contribution is 2.22. The average molecular weight is 515 g/mol. The Balaban J connectivity index is 1.48. The van der Waals surface area contributed by atoms with Gasteiger partial charge in [-0.1, -0.05) is 66.2 Å². The number of para-hydroxylation sites is 1. The Morgan fingerprint density at radius 2 is 1.54 bits per heavy atom. The maximum Gasteiger partial charge on any atom is 0.242 e. The molecule has 0 saturated carbocycles. The summed E-state index contributed by atoms with van der Waals surface area (Å²) in [6.45, 7) is 5.90. The topological polar surface area (TPSA) is 92.6 Å². The molecule has 7 nitrogen and oxygen atoms in total. The Morgan fingerprint density at radius 1 is 0.919 bits per heavy atom. The zero-order chi connectivity index (χ0) is 26.4. The van der Waals surface area contributed by atoms with Crippen molar-refractivity contribution in [1.29, 1.82) is 0 Å². The predicted octanol–water partition coefficient (Wildman–Crippen LogP) is 4.96. The van der Waals surface area contributed by atoms with Crippen LogP contribution in [-0.4, -0.2) is 25.1 Å². The summed E-state index contributed by atoms with van der Waals surface area (Å²) in [5.74, 6) is -0.409. The summed E-state index contributed by atoms with van der Waals surface area (Å²) in [4.78, 5) is 12.9. The molecule has 0 unspecified atom stereocenters. The summed E-state index contributed by atoms with van der Waals surface area (Å²) in [7, 11) is -3.84. The molecule has 1 aromatic heterocycles. The van der Waals surface area contributed by atoms with E-state index in [0.29, 0.717) is 5.56 Å². The highest BCUT2D eigenvalue weighted by atomic mass is 32.2. The third-order valence-corrected chi connectivity index (χ3v) is 7.59. The van der Waals surface area contributed by atoms with Crippen LogP contribution < -0.4 is 10.1 Å². The molecule has 0 aliphatic carbocycles. The number of rotatable bonds is 9. The van der Waals surface area contributed by atoms with Gasteiger partial charge in [-0.05, 0) is 56.7 Å². The Kier molecular flexibility index (Phi) is 8.01. The minimum absolute atomic E-state index is 0.116. The first-order valence-electron chi connectivity index (χ1n) is 11.9. The number of amides is 1. The van der Waals surface area contributed by atoms with E-state index in [1.54, 1.807) is 54.7 Å². The molecule has 4 aromatic rings. The fraction of sp³-hybridized carbons (Fsp3) is 0.172. The third kappa shape index (κ3) is 6.41. The van der Waals surface area contributed by atoms with Crippen molar-refractivity contribution in [2.24, 2.45) is 5.10 Å². The van der Waals surface area contributed by atoms with E-state index >= 15 is 0 Å². The van der Waals surface area contributed by atoms with Gasteiger partial charge in [-0.15, -0.1) is 0 Å². The molecule has 1 amide bonds. The molecule has 37 heavy (non-hydrogen) atoms. The highest BCUT2D eigenvalue weighted by Gasteiger charge is 2.23. The lowest BCUT2D eigenvalue weighted by Gasteiger charge is -2.18. The molecule has 1 atom stereocenters. The van der Waals surface area contributed by atoms with Gasteiger partial charge >= 0.3 is 0 Å². The number of benzene rings is 3. The SMILES string of the molecule is Cc1ccc(S(=O)(=O)N[C@H](CC(=O)N/N=C\c2cc(C)n(-c3ccccc3)c2C)c2ccccc2)cc1. The molecule has 0 bridgehead atoms. The van der Waals surface area contributed by atoms with Crippen LogP contribution in [0.25, 0.3) is 5.69 Å². The van der Waals surface area contributed by atoms with Crippen molar-refractivity contribution >= 4 is 22.1 Å². The Morgan fingerprint density at radius 3 is 2.19 bits per heavy atom. The number of carbonyl (C=O) groups is 1. The Hall–Kier alpha value is -4.01. The van der Waals surface area contributed by atoms with Crippen LogP contribution in [0.5, 0.6) is 0 Å². The smallest absolute Gasteiger partial charge is 0.242 e. The second kappa shape index (κ2) is 11.4. The van der Waals surface area contributed by atoms with Gasteiger partial charge in [-0.25, -0.2) is 18.6 Å². The van der Waals surface area contributed by atoms with Crippen molar-refractivity contribution in [2.75, 3.05) is 0 Å². The normalized spacial score (nSPS) is 12.5. The number of sulfonamides is 1. The monoisotopic (exact) mass is 514 g/mol. The lowest BCUT2D eigenvalue weighted by molar-refractivity contribution is -0.121. The van der Waals surface area contributed by atoms with Crippen molar-refractivity contribution in [2.45, 2.75) is 38.1 Å². The molecular formula is C29H30N4O3S. The van der Waals surface area contributed by atoms with Crippen molar-refractivity contribution in [3.8, 4) is 5.69 Å². The molecule has 8 heteroatoms. The van der Waals surface area contributed by atoms with E-state index in [1.165, 1.54) is 0 Å². The molecule has 0 fully saturated rings. The van der Waals surface area contributed by atoms with Crippen LogP contribution in [0.1, 0.15) is 40.5 Å². The lowest BCUT2D eigenvalue weighted by atomic mass is 10.0. The van der Waals surface area contributed by atoms with Gasteiger partial charge in [0.1, 0.15) is 0 Å². The van der Waals surface area contributed by atoms with E-state index in [-0.39, 0.29) is 11.3 Å². The first-order chi connectivity index (χ1) is 17.7. The largest absolute Gasteiger partial charge is 0.318 e. The number of carbonyl (C=O) groups excluding carboxylic acids is 1. The molecule has 0 saturated heterocycles. The molecule has 0 radical (unpaired) electrons. The zero-order valence-electron chi connectivity index (χ0n) is 21.0. The standard InChI is InChI=1S/C29H30N4O3S/c1-21-14-16-27(17-15-21)37(35,36)32-28(24-10-6-4-7-11-24)19-29(34)31-30-20-25-18-22(2)33(23(25)3)26-12-8-5-9-13-26/h4-18,20,28,32H,19H2,1-3H3,(H,31,34)/b30-20-/t28-/m1/s1. The number of hydrogen-bond acceptors (Lipinski definition) is 4. The first-order valence-corrected chi connectivity index (χ1v) is 13.4. The quantitative estimate of drug-likeness (QED) is 0.244. The van der Waals surface area contributed by atoms with Gasteiger partial charge in [0, 0.05) is 29.1 Å². The summed E-state index contributed by atoms with van der Waals surface area (Å²) >= 11 is 0. The van der Waals surface area contributed by atoms with E-state index in [1.807, 2.05) is 63.2 Å². The van der Waals surface area contributed by atoms with Crippen molar-refractivity contribution in [3.63, 3.8) is 0 Å². The minimum Gasteiger partial charge on any atom is -0.318 e. The fourth-order valence-electron chi connectivity index (χ4n) is 4.18. The maximum atomic E-state index is 13.0. The van der Waals surface area contributed by atoms with E-state index in [0.717, 1.165) is 28.2 Å². The minimum atomic E-state index is -3.84. The zero-order valence-corrected chi connectivity index (χ0v) is 21.9. The van der Waals surface area contributed by atoms with Crippen molar-refractivity contribution in [3.05, 3.63) is 119 Å². The van der Waals surface area contributed by atoms with Gasteiger partial charge in [-0.3, -0.25) is 4.79 Å².